The molecule has 1 aromatic heterocycles. The number of allylic oxidation sites excluding steroid dienone is 1. The van der Waals surface area contributed by atoms with Gasteiger partial charge in [0.15, 0.2) is 11.5 Å². The molecule has 0 N–H and O–H groups in total. The van der Waals surface area contributed by atoms with Crippen molar-refractivity contribution in [2.75, 3.05) is 7.11 Å². The molecule has 0 aliphatic carbocycles. The van der Waals surface area contributed by atoms with E-state index in [4.69, 9.17) is 4.74 Å². The van der Waals surface area contributed by atoms with Gasteiger partial charge >= 0.3 is 6.61 Å². The lowest BCUT2D eigenvalue weighted by Gasteiger charge is -2.10. The molecule has 112 valence electrons. The van der Waals surface area contributed by atoms with Crippen LogP contribution in [0.25, 0.3) is 11.6 Å². The molecular weight excluding hydrogens is 290 g/mol. The first-order valence-corrected chi connectivity index (χ1v) is 6.30. The van der Waals surface area contributed by atoms with Crippen LogP contribution < -0.4 is 9.47 Å². The fourth-order valence-electron chi connectivity index (χ4n) is 1.82. The van der Waals surface area contributed by atoms with E-state index in [1.165, 1.54) is 19.2 Å². The number of ether oxygens (including phenoxy) is 2. The van der Waals surface area contributed by atoms with Crippen LogP contribution in [0.4, 0.5) is 8.78 Å². The quantitative estimate of drug-likeness (QED) is 0.789. The fourth-order valence-corrected chi connectivity index (χ4v) is 1.82. The maximum atomic E-state index is 12.4. The molecule has 0 saturated carbocycles. The van der Waals surface area contributed by atoms with Gasteiger partial charge in [-0.15, -0.1) is 0 Å². The Bertz CT molecular complexity index is 710. The number of pyridine rings is 1. The molecule has 0 aliphatic heterocycles. The summed E-state index contributed by atoms with van der Waals surface area (Å²) < 4.78 is 34.2. The zero-order chi connectivity index (χ0) is 15.9. The average molecular weight is 302 g/mol. The summed E-state index contributed by atoms with van der Waals surface area (Å²) in [5, 5.41) is 9.22. The molecule has 0 radical (unpaired) electrons. The van der Waals surface area contributed by atoms with E-state index >= 15 is 0 Å². The van der Waals surface area contributed by atoms with Crippen molar-refractivity contribution in [2.24, 2.45) is 0 Å². The molecule has 4 nitrogen and oxygen atoms in total. The molecule has 22 heavy (non-hydrogen) atoms. The van der Waals surface area contributed by atoms with Crippen LogP contribution in [0.3, 0.4) is 0 Å². The summed E-state index contributed by atoms with van der Waals surface area (Å²) in [6, 6.07) is 11.7. The van der Waals surface area contributed by atoms with Crippen LogP contribution in [-0.2, 0) is 0 Å². The largest absolute Gasteiger partial charge is 0.493 e. The van der Waals surface area contributed by atoms with Gasteiger partial charge in [-0.2, -0.15) is 14.0 Å². The van der Waals surface area contributed by atoms with Crippen LogP contribution in [0.1, 0.15) is 11.3 Å². The summed E-state index contributed by atoms with van der Waals surface area (Å²) in [4.78, 5) is 4.08. The lowest BCUT2D eigenvalue weighted by Crippen LogP contribution is -2.03. The normalized spacial score (nSPS) is 11.1. The lowest BCUT2D eigenvalue weighted by molar-refractivity contribution is -0.0512. The second kappa shape index (κ2) is 7.18. The Labute approximate surface area is 126 Å². The van der Waals surface area contributed by atoms with E-state index in [-0.39, 0.29) is 11.5 Å². The molecule has 2 aromatic rings. The Morgan fingerprint density at radius 1 is 1.27 bits per heavy atom. The molecule has 0 spiro atoms. The Kier molecular flexibility index (Phi) is 5.04. The van der Waals surface area contributed by atoms with E-state index in [0.717, 1.165) is 0 Å². The van der Waals surface area contributed by atoms with Crippen molar-refractivity contribution >= 4 is 11.6 Å². The lowest BCUT2D eigenvalue weighted by atomic mass is 10.1. The van der Waals surface area contributed by atoms with Gasteiger partial charge in [0.05, 0.1) is 18.4 Å². The van der Waals surface area contributed by atoms with Crippen LogP contribution in [-0.4, -0.2) is 18.7 Å². The van der Waals surface area contributed by atoms with Crippen LogP contribution in [0, 0.1) is 11.3 Å². The minimum absolute atomic E-state index is 0.0930. The summed E-state index contributed by atoms with van der Waals surface area (Å²) in [6.07, 6.45) is 3.11. The smallest absolute Gasteiger partial charge is 0.387 e. The van der Waals surface area contributed by atoms with E-state index in [1.54, 1.807) is 36.5 Å². The summed E-state index contributed by atoms with van der Waals surface area (Å²) in [5.74, 6) is 0.0957. The van der Waals surface area contributed by atoms with Crippen molar-refractivity contribution in [3.05, 3.63) is 53.9 Å². The minimum Gasteiger partial charge on any atom is -0.493 e. The van der Waals surface area contributed by atoms with Crippen LogP contribution in [0.2, 0.25) is 0 Å². The Morgan fingerprint density at radius 3 is 2.68 bits per heavy atom. The topological polar surface area (TPSA) is 55.1 Å². The van der Waals surface area contributed by atoms with Crippen LogP contribution in [0.5, 0.6) is 11.5 Å². The van der Waals surface area contributed by atoms with Crippen LogP contribution >= 0.6 is 0 Å². The Balaban J connectivity index is 2.40. The van der Waals surface area contributed by atoms with Crippen molar-refractivity contribution in [3.63, 3.8) is 0 Å². The average Bonchev–Trinajstić information content (AvgIpc) is 2.53. The Morgan fingerprint density at radius 2 is 2.09 bits per heavy atom. The van der Waals surface area contributed by atoms with Crippen molar-refractivity contribution in [1.29, 1.82) is 5.26 Å². The number of rotatable bonds is 5. The summed E-state index contributed by atoms with van der Waals surface area (Å²) in [6.45, 7) is -2.96. The number of hydrogen-bond donors (Lipinski definition) is 0. The number of aromatic nitrogens is 1. The number of methoxy groups -OCH3 is 1. The first-order chi connectivity index (χ1) is 10.6. The SMILES string of the molecule is COc1ccc(/C=C(\C#N)c2ccccn2)cc1OC(F)F. The van der Waals surface area contributed by atoms with Gasteiger partial charge in [0.2, 0.25) is 0 Å². The van der Waals surface area contributed by atoms with Gasteiger partial charge in [0.25, 0.3) is 0 Å². The predicted octanol–water partition coefficient (Wildman–Crippen LogP) is 3.76. The van der Waals surface area contributed by atoms with Gasteiger partial charge in [-0.25, -0.2) is 0 Å². The number of hydrogen-bond acceptors (Lipinski definition) is 4. The predicted molar refractivity (Wildman–Crippen MR) is 77.3 cm³/mol. The van der Waals surface area contributed by atoms with E-state index in [0.29, 0.717) is 16.8 Å². The van der Waals surface area contributed by atoms with E-state index in [2.05, 4.69) is 9.72 Å². The molecule has 0 fully saturated rings. The van der Waals surface area contributed by atoms with Crippen molar-refractivity contribution in [2.45, 2.75) is 6.61 Å². The first-order valence-electron chi connectivity index (χ1n) is 6.30. The monoisotopic (exact) mass is 302 g/mol. The van der Waals surface area contributed by atoms with Gasteiger partial charge in [0, 0.05) is 6.20 Å². The molecule has 0 atom stereocenters. The summed E-state index contributed by atoms with van der Waals surface area (Å²) in [5.41, 5.74) is 1.34. The molecule has 2 rings (SSSR count). The molecule has 1 aromatic carbocycles. The zero-order valence-electron chi connectivity index (χ0n) is 11.7. The number of halogens is 2. The molecular formula is C16H12F2N2O2. The number of alkyl halides is 2. The number of nitrogens with zero attached hydrogens (tertiary/aromatic N) is 2. The third kappa shape index (κ3) is 3.79. The highest BCUT2D eigenvalue weighted by molar-refractivity contribution is 5.88. The van der Waals surface area contributed by atoms with E-state index in [1.807, 2.05) is 6.07 Å². The van der Waals surface area contributed by atoms with Gasteiger partial charge < -0.3 is 9.47 Å². The third-order valence-corrected chi connectivity index (χ3v) is 2.78. The van der Waals surface area contributed by atoms with Crippen molar-refractivity contribution in [3.8, 4) is 17.6 Å². The number of benzene rings is 1. The third-order valence-electron chi connectivity index (χ3n) is 2.78. The maximum absolute atomic E-state index is 12.4. The van der Waals surface area contributed by atoms with E-state index in [9.17, 15) is 14.0 Å². The van der Waals surface area contributed by atoms with E-state index < -0.39 is 6.61 Å². The second-order valence-electron chi connectivity index (χ2n) is 4.17. The highest BCUT2D eigenvalue weighted by Gasteiger charge is 2.11. The molecule has 0 amide bonds. The highest BCUT2D eigenvalue weighted by atomic mass is 19.3. The van der Waals surface area contributed by atoms with Gasteiger partial charge in [-0.1, -0.05) is 12.1 Å². The second-order valence-corrected chi connectivity index (χ2v) is 4.17. The number of nitriles is 1. The molecule has 0 saturated heterocycles. The summed E-state index contributed by atoms with van der Waals surface area (Å²) >= 11 is 0. The molecule has 0 unspecified atom stereocenters. The van der Waals surface area contributed by atoms with Gasteiger partial charge in [-0.3, -0.25) is 4.98 Å². The minimum atomic E-state index is -2.96. The van der Waals surface area contributed by atoms with Crippen molar-refractivity contribution in [1.82, 2.24) is 4.98 Å². The van der Waals surface area contributed by atoms with Crippen LogP contribution in [0.15, 0.2) is 42.6 Å². The fraction of sp³-hybridized carbons (Fsp3) is 0.125. The van der Waals surface area contributed by atoms with Crippen molar-refractivity contribution < 1.29 is 18.3 Å². The molecule has 6 heteroatoms. The molecule has 0 bridgehead atoms. The molecule has 1 heterocycles. The first kappa shape index (κ1) is 15.4. The highest BCUT2D eigenvalue weighted by Crippen LogP contribution is 2.30. The molecule has 0 aliphatic rings. The summed E-state index contributed by atoms with van der Waals surface area (Å²) in [7, 11) is 1.36. The Hall–Kier alpha value is -2.94. The standard InChI is InChI=1S/C16H12F2N2O2/c1-21-14-6-5-11(9-15(14)22-16(17)18)8-12(10-19)13-4-2-3-7-20-13/h2-9,16H,1H3/b12-8+. The van der Waals surface area contributed by atoms with Gasteiger partial charge in [-0.05, 0) is 35.9 Å². The van der Waals surface area contributed by atoms with Gasteiger partial charge in [0.1, 0.15) is 6.07 Å². The zero-order valence-corrected chi connectivity index (χ0v) is 11.7. The maximum Gasteiger partial charge on any atom is 0.387 e.